The minimum absolute atomic E-state index is 0.154. The number of benzene rings is 1. The molecule has 4 nitrogen and oxygen atoms in total. The number of carbonyl (C=O) groups excluding carboxylic acids is 1. The molecule has 0 saturated carbocycles. The number of rotatable bonds is 5. The van der Waals surface area contributed by atoms with E-state index < -0.39 is 0 Å². The minimum atomic E-state index is 0.154. The summed E-state index contributed by atoms with van der Waals surface area (Å²) in [7, 11) is 2.10. The molecule has 2 aromatic rings. The maximum atomic E-state index is 12.8. The Kier molecular flexibility index (Phi) is 5.59. The van der Waals surface area contributed by atoms with E-state index in [9.17, 15) is 4.79 Å². The molecule has 5 heteroatoms. The van der Waals surface area contributed by atoms with Crippen molar-refractivity contribution in [3.8, 4) is 0 Å². The number of halogens is 1. The molecule has 1 amide bonds. The maximum Gasteiger partial charge on any atom is 0.223 e. The average molecular weight is 346 g/mol. The molecule has 0 N–H and O–H groups in total. The van der Waals surface area contributed by atoms with Crippen molar-refractivity contribution in [2.45, 2.75) is 18.9 Å². The number of likely N-dealkylation sites (N-methyl/N-ethyl adjacent to an activating group) is 1. The Morgan fingerprint density at radius 2 is 1.71 bits per heavy atom. The highest BCUT2D eigenvalue weighted by Crippen LogP contribution is 2.25. The van der Waals surface area contributed by atoms with E-state index in [2.05, 4.69) is 16.5 Å². The summed E-state index contributed by atoms with van der Waals surface area (Å²) in [5.74, 6) is 0.400. The Bertz CT molecular complexity index is 646. The molecule has 2 heterocycles. The highest BCUT2D eigenvalue weighted by Gasteiger charge is 2.23. The number of hydrogen-bond donors (Lipinski definition) is 0. The van der Waals surface area contributed by atoms with Crippen LogP contribution in [0.4, 0.5) is 0 Å². The molecule has 1 saturated heterocycles. The Hall–Kier alpha value is -1.78. The average Bonchev–Trinajstić information content (AvgIpc) is 3.08. The lowest BCUT2D eigenvalue weighted by Gasteiger charge is -2.33. The molecule has 0 spiro atoms. The fourth-order valence-corrected chi connectivity index (χ4v) is 3.29. The van der Waals surface area contributed by atoms with Gasteiger partial charge in [-0.15, -0.1) is 0 Å². The molecule has 1 aliphatic heterocycles. The lowest BCUT2D eigenvalue weighted by molar-refractivity contribution is -0.133. The molecule has 1 fully saturated rings. The minimum Gasteiger partial charge on any atom is -0.354 e. The summed E-state index contributed by atoms with van der Waals surface area (Å²) >= 11 is 6.02. The summed E-state index contributed by atoms with van der Waals surface area (Å²) in [5.41, 5.74) is 1.16. The first kappa shape index (κ1) is 17.1. The van der Waals surface area contributed by atoms with E-state index in [1.165, 1.54) is 0 Å². The van der Waals surface area contributed by atoms with E-state index in [0.717, 1.165) is 43.3 Å². The molecular weight excluding hydrogens is 322 g/mol. The normalized spacial score (nSPS) is 17.0. The Morgan fingerprint density at radius 3 is 2.33 bits per heavy atom. The Morgan fingerprint density at radius 1 is 1.08 bits per heavy atom. The zero-order valence-electron chi connectivity index (χ0n) is 14.1. The first-order valence-corrected chi connectivity index (χ1v) is 8.82. The maximum absolute atomic E-state index is 12.8. The van der Waals surface area contributed by atoms with Gasteiger partial charge in [-0.25, -0.2) is 0 Å². The van der Waals surface area contributed by atoms with E-state index in [4.69, 9.17) is 11.6 Å². The SMILES string of the molecule is CN1CCN(C(=O)CC(Cn2cccc2)c2ccc(Cl)cc2)CC1. The van der Waals surface area contributed by atoms with Crippen molar-refractivity contribution in [1.29, 1.82) is 0 Å². The third kappa shape index (κ3) is 4.40. The van der Waals surface area contributed by atoms with Crippen LogP contribution in [0.2, 0.25) is 5.02 Å². The lowest BCUT2D eigenvalue weighted by atomic mass is 9.94. The van der Waals surface area contributed by atoms with Crippen LogP contribution in [0.1, 0.15) is 17.9 Å². The Balaban J connectivity index is 1.71. The van der Waals surface area contributed by atoms with Crippen LogP contribution in [-0.2, 0) is 11.3 Å². The summed E-state index contributed by atoms with van der Waals surface area (Å²) in [6.45, 7) is 4.36. The standard InChI is InChI=1S/C19H24ClN3O/c1-21-10-12-23(13-11-21)19(24)14-17(15-22-8-2-3-9-22)16-4-6-18(20)7-5-16/h2-9,17H,10-15H2,1H3. The van der Waals surface area contributed by atoms with Crippen LogP contribution < -0.4 is 0 Å². The molecule has 0 aliphatic carbocycles. The van der Waals surface area contributed by atoms with Crippen LogP contribution >= 0.6 is 11.6 Å². The van der Waals surface area contributed by atoms with Gasteiger partial charge in [0, 0.05) is 62.5 Å². The van der Waals surface area contributed by atoms with Crippen molar-refractivity contribution >= 4 is 17.5 Å². The third-order valence-corrected chi connectivity index (χ3v) is 4.97. The summed E-state index contributed by atoms with van der Waals surface area (Å²) in [4.78, 5) is 17.0. The molecule has 1 aliphatic rings. The van der Waals surface area contributed by atoms with E-state index >= 15 is 0 Å². The second-order valence-electron chi connectivity index (χ2n) is 6.52. The molecule has 0 bridgehead atoms. The smallest absolute Gasteiger partial charge is 0.223 e. The van der Waals surface area contributed by atoms with Gasteiger partial charge < -0.3 is 14.4 Å². The van der Waals surface area contributed by atoms with Gasteiger partial charge in [-0.3, -0.25) is 4.79 Å². The molecule has 1 atom stereocenters. The monoisotopic (exact) mass is 345 g/mol. The predicted octanol–water partition coefficient (Wildman–Crippen LogP) is 3.09. The largest absolute Gasteiger partial charge is 0.354 e. The van der Waals surface area contributed by atoms with E-state index in [1.807, 2.05) is 53.7 Å². The summed E-state index contributed by atoms with van der Waals surface area (Å²) in [6.07, 6.45) is 4.62. The molecule has 24 heavy (non-hydrogen) atoms. The van der Waals surface area contributed by atoms with E-state index in [0.29, 0.717) is 6.42 Å². The molecule has 0 radical (unpaired) electrons. The zero-order valence-corrected chi connectivity index (χ0v) is 14.8. The van der Waals surface area contributed by atoms with E-state index in [1.54, 1.807) is 0 Å². The molecular formula is C19H24ClN3O. The first-order valence-electron chi connectivity index (χ1n) is 8.44. The fourth-order valence-electron chi connectivity index (χ4n) is 3.16. The van der Waals surface area contributed by atoms with Gasteiger partial charge in [0.15, 0.2) is 0 Å². The van der Waals surface area contributed by atoms with Crippen molar-refractivity contribution in [2.75, 3.05) is 33.2 Å². The van der Waals surface area contributed by atoms with Gasteiger partial charge in [-0.05, 0) is 36.9 Å². The van der Waals surface area contributed by atoms with Crippen molar-refractivity contribution in [3.05, 3.63) is 59.4 Å². The fraction of sp³-hybridized carbons (Fsp3) is 0.421. The second kappa shape index (κ2) is 7.86. The number of nitrogens with zero attached hydrogens (tertiary/aromatic N) is 3. The zero-order chi connectivity index (χ0) is 16.9. The number of carbonyl (C=O) groups is 1. The van der Waals surface area contributed by atoms with Crippen LogP contribution in [0.3, 0.4) is 0 Å². The molecule has 1 unspecified atom stereocenters. The molecule has 3 rings (SSSR count). The lowest BCUT2D eigenvalue weighted by Crippen LogP contribution is -2.47. The van der Waals surface area contributed by atoms with Gasteiger partial charge in [0.2, 0.25) is 5.91 Å². The van der Waals surface area contributed by atoms with E-state index in [-0.39, 0.29) is 11.8 Å². The van der Waals surface area contributed by atoms with Crippen molar-refractivity contribution in [1.82, 2.24) is 14.4 Å². The number of aromatic nitrogens is 1. The molecule has 1 aromatic carbocycles. The molecule has 1 aromatic heterocycles. The van der Waals surface area contributed by atoms with Crippen molar-refractivity contribution < 1.29 is 4.79 Å². The first-order chi connectivity index (χ1) is 11.6. The number of hydrogen-bond acceptors (Lipinski definition) is 2. The van der Waals surface area contributed by atoms with Crippen LogP contribution in [-0.4, -0.2) is 53.5 Å². The summed E-state index contributed by atoms with van der Waals surface area (Å²) < 4.78 is 2.14. The van der Waals surface area contributed by atoms with Gasteiger partial charge in [0.05, 0.1) is 0 Å². The van der Waals surface area contributed by atoms with Crippen molar-refractivity contribution in [3.63, 3.8) is 0 Å². The molecule has 128 valence electrons. The summed E-state index contributed by atoms with van der Waals surface area (Å²) in [5, 5.41) is 0.726. The summed E-state index contributed by atoms with van der Waals surface area (Å²) in [6, 6.07) is 11.9. The van der Waals surface area contributed by atoms with Crippen LogP contribution in [0, 0.1) is 0 Å². The number of piperazine rings is 1. The quantitative estimate of drug-likeness (QED) is 0.833. The van der Waals surface area contributed by atoms with Crippen LogP contribution in [0.15, 0.2) is 48.8 Å². The van der Waals surface area contributed by atoms with Gasteiger partial charge in [-0.1, -0.05) is 23.7 Å². The van der Waals surface area contributed by atoms with Crippen LogP contribution in [0.25, 0.3) is 0 Å². The van der Waals surface area contributed by atoms with Crippen LogP contribution in [0.5, 0.6) is 0 Å². The van der Waals surface area contributed by atoms with Gasteiger partial charge in [-0.2, -0.15) is 0 Å². The topological polar surface area (TPSA) is 28.5 Å². The second-order valence-corrected chi connectivity index (χ2v) is 6.95. The number of amides is 1. The van der Waals surface area contributed by atoms with Gasteiger partial charge in [0.25, 0.3) is 0 Å². The van der Waals surface area contributed by atoms with Gasteiger partial charge in [0.1, 0.15) is 0 Å². The van der Waals surface area contributed by atoms with Gasteiger partial charge >= 0.3 is 0 Å². The van der Waals surface area contributed by atoms with Crippen molar-refractivity contribution in [2.24, 2.45) is 0 Å². The predicted molar refractivity (Wildman–Crippen MR) is 97.3 cm³/mol. The third-order valence-electron chi connectivity index (χ3n) is 4.72. The highest BCUT2D eigenvalue weighted by molar-refractivity contribution is 6.30. The highest BCUT2D eigenvalue weighted by atomic mass is 35.5. The Labute approximate surface area is 148 Å².